The lowest BCUT2D eigenvalue weighted by Crippen LogP contribution is -2.36. The van der Waals surface area contributed by atoms with Crippen molar-refractivity contribution in [3.63, 3.8) is 0 Å². The van der Waals surface area contributed by atoms with E-state index in [0.29, 0.717) is 31.0 Å². The summed E-state index contributed by atoms with van der Waals surface area (Å²) in [7, 11) is 0. The maximum absolute atomic E-state index is 12.8. The monoisotopic (exact) mass is 375 g/mol. The fraction of sp³-hybridized carbons (Fsp3) is 0.500. The second-order valence-corrected chi connectivity index (χ2v) is 7.78. The first-order valence-electron chi connectivity index (χ1n) is 9.17. The molecule has 2 heterocycles. The number of nitrogens with zero attached hydrogens (tertiary/aromatic N) is 1. The number of fused-ring (bicyclic) bond motifs is 1. The summed E-state index contributed by atoms with van der Waals surface area (Å²) in [6.07, 6.45) is 3.09. The van der Waals surface area contributed by atoms with Crippen molar-refractivity contribution in [1.29, 1.82) is 0 Å². The van der Waals surface area contributed by atoms with Crippen LogP contribution in [0.2, 0.25) is 0 Å². The molecular formula is C20H26ClN3O2. The highest BCUT2D eigenvalue weighted by atomic mass is 35.5. The standard InChI is InChI=1S/C20H26ClN3O2/c1-13(23-12-25)3-4-14(2)24-11-16-9-15(5-6-18(16)20(24)26)17-7-8-22-10-19(17)21/h5-6,9,12,14,17,19,22H,1,3-4,7-8,10-11H2,2H3,(H,23,25). The van der Waals surface area contributed by atoms with Crippen molar-refractivity contribution in [1.82, 2.24) is 15.5 Å². The number of benzene rings is 1. The molecule has 1 aromatic carbocycles. The van der Waals surface area contributed by atoms with Crippen LogP contribution in [0.3, 0.4) is 0 Å². The van der Waals surface area contributed by atoms with Crippen molar-refractivity contribution in [2.24, 2.45) is 0 Å². The van der Waals surface area contributed by atoms with Crippen LogP contribution in [-0.4, -0.2) is 41.7 Å². The van der Waals surface area contributed by atoms with Crippen LogP contribution < -0.4 is 10.6 Å². The van der Waals surface area contributed by atoms with Crippen LogP contribution in [0.4, 0.5) is 0 Å². The Labute approximate surface area is 159 Å². The number of piperidine rings is 1. The zero-order valence-corrected chi connectivity index (χ0v) is 15.9. The summed E-state index contributed by atoms with van der Waals surface area (Å²) in [5.74, 6) is 0.420. The number of carbonyl (C=O) groups excluding carboxylic acids is 2. The van der Waals surface area contributed by atoms with Crippen LogP contribution in [0.5, 0.6) is 0 Å². The van der Waals surface area contributed by atoms with E-state index in [-0.39, 0.29) is 17.3 Å². The molecule has 2 aliphatic heterocycles. The van der Waals surface area contributed by atoms with Gasteiger partial charge in [-0.3, -0.25) is 9.59 Å². The van der Waals surface area contributed by atoms with Crippen LogP contribution in [0.1, 0.15) is 53.6 Å². The highest BCUT2D eigenvalue weighted by Gasteiger charge is 2.32. The van der Waals surface area contributed by atoms with Crippen molar-refractivity contribution < 1.29 is 9.59 Å². The van der Waals surface area contributed by atoms with E-state index in [9.17, 15) is 9.59 Å². The zero-order chi connectivity index (χ0) is 18.7. The van der Waals surface area contributed by atoms with E-state index in [1.54, 1.807) is 0 Å². The first-order chi connectivity index (χ1) is 12.5. The molecule has 2 N–H and O–H groups in total. The molecule has 3 atom stereocenters. The number of allylic oxidation sites excluding steroid dienone is 1. The number of carbonyl (C=O) groups is 2. The highest BCUT2D eigenvalue weighted by molar-refractivity contribution is 6.21. The predicted octanol–water partition coefficient (Wildman–Crippen LogP) is 2.76. The predicted molar refractivity (Wildman–Crippen MR) is 103 cm³/mol. The molecule has 0 bridgehead atoms. The van der Waals surface area contributed by atoms with Crippen LogP contribution >= 0.6 is 11.6 Å². The van der Waals surface area contributed by atoms with Gasteiger partial charge in [-0.2, -0.15) is 0 Å². The molecule has 5 nitrogen and oxygen atoms in total. The number of rotatable bonds is 7. The fourth-order valence-corrected chi connectivity index (χ4v) is 4.22. The number of hydrogen-bond acceptors (Lipinski definition) is 3. The van der Waals surface area contributed by atoms with Gasteiger partial charge in [0.25, 0.3) is 5.91 Å². The molecule has 1 saturated heterocycles. The van der Waals surface area contributed by atoms with E-state index < -0.39 is 0 Å². The first kappa shape index (κ1) is 18.9. The molecule has 0 aliphatic carbocycles. The number of amides is 2. The maximum Gasteiger partial charge on any atom is 0.254 e. The summed E-state index contributed by atoms with van der Waals surface area (Å²) >= 11 is 6.49. The van der Waals surface area contributed by atoms with E-state index in [1.165, 1.54) is 5.56 Å². The molecule has 2 amide bonds. The molecular weight excluding hydrogens is 350 g/mol. The van der Waals surface area contributed by atoms with Crippen LogP contribution in [-0.2, 0) is 11.3 Å². The third-order valence-electron chi connectivity index (χ3n) is 5.46. The smallest absolute Gasteiger partial charge is 0.254 e. The Morgan fingerprint density at radius 2 is 2.35 bits per heavy atom. The topological polar surface area (TPSA) is 61.4 Å². The zero-order valence-electron chi connectivity index (χ0n) is 15.1. The normalized spacial score (nSPS) is 23.5. The van der Waals surface area contributed by atoms with E-state index in [1.807, 2.05) is 17.9 Å². The Hall–Kier alpha value is -1.85. The van der Waals surface area contributed by atoms with Gasteiger partial charge < -0.3 is 15.5 Å². The number of alkyl halides is 1. The molecule has 0 saturated carbocycles. The summed E-state index contributed by atoms with van der Waals surface area (Å²) in [6.45, 7) is 8.29. The quantitative estimate of drug-likeness (QED) is 0.569. The van der Waals surface area contributed by atoms with Crippen LogP contribution in [0.15, 0.2) is 30.5 Å². The van der Waals surface area contributed by atoms with E-state index in [4.69, 9.17) is 11.6 Å². The second-order valence-electron chi connectivity index (χ2n) is 7.22. The lowest BCUT2D eigenvalue weighted by Gasteiger charge is -2.28. The number of hydrogen-bond donors (Lipinski definition) is 2. The van der Waals surface area contributed by atoms with Crippen molar-refractivity contribution in [2.45, 2.75) is 50.1 Å². The van der Waals surface area contributed by atoms with Gasteiger partial charge in [0.15, 0.2) is 0 Å². The van der Waals surface area contributed by atoms with Gasteiger partial charge in [-0.25, -0.2) is 0 Å². The lowest BCUT2D eigenvalue weighted by molar-refractivity contribution is -0.109. The maximum atomic E-state index is 12.8. The van der Waals surface area contributed by atoms with Crippen molar-refractivity contribution in [2.75, 3.05) is 13.1 Å². The molecule has 6 heteroatoms. The first-order valence-corrected chi connectivity index (χ1v) is 9.61. The molecule has 1 fully saturated rings. The molecule has 0 spiro atoms. The Balaban J connectivity index is 1.68. The molecule has 3 unspecified atom stereocenters. The largest absolute Gasteiger partial charge is 0.333 e. The molecule has 2 aliphatic rings. The van der Waals surface area contributed by atoms with E-state index >= 15 is 0 Å². The van der Waals surface area contributed by atoms with Gasteiger partial charge >= 0.3 is 0 Å². The van der Waals surface area contributed by atoms with Crippen molar-refractivity contribution in [3.05, 3.63) is 47.2 Å². The Bertz CT molecular complexity index is 706. The van der Waals surface area contributed by atoms with Crippen LogP contribution in [0, 0.1) is 0 Å². The Morgan fingerprint density at radius 1 is 1.54 bits per heavy atom. The highest BCUT2D eigenvalue weighted by Crippen LogP contribution is 2.33. The van der Waals surface area contributed by atoms with Crippen molar-refractivity contribution >= 4 is 23.9 Å². The van der Waals surface area contributed by atoms with Crippen LogP contribution in [0.25, 0.3) is 0 Å². The minimum Gasteiger partial charge on any atom is -0.333 e. The summed E-state index contributed by atoms with van der Waals surface area (Å²) in [4.78, 5) is 25.1. The second kappa shape index (κ2) is 8.23. The van der Waals surface area contributed by atoms with Gasteiger partial charge in [0, 0.05) is 36.3 Å². The average molecular weight is 376 g/mol. The third kappa shape index (κ3) is 3.94. The summed E-state index contributed by atoms with van der Waals surface area (Å²) < 4.78 is 0. The van der Waals surface area contributed by atoms with E-state index in [0.717, 1.165) is 37.1 Å². The summed E-state index contributed by atoms with van der Waals surface area (Å²) in [5.41, 5.74) is 3.80. The molecule has 26 heavy (non-hydrogen) atoms. The Kier molecular flexibility index (Phi) is 5.99. The molecule has 140 valence electrons. The van der Waals surface area contributed by atoms with Gasteiger partial charge in [-0.05, 0) is 49.9 Å². The number of halogens is 1. The molecule has 0 aromatic heterocycles. The molecule has 3 rings (SSSR count). The van der Waals surface area contributed by atoms with Gasteiger partial charge in [0.05, 0.1) is 5.38 Å². The van der Waals surface area contributed by atoms with E-state index in [2.05, 4.69) is 29.3 Å². The van der Waals surface area contributed by atoms with Gasteiger partial charge in [-0.15, -0.1) is 11.6 Å². The SMILES string of the molecule is C=C(CCC(C)N1Cc2cc(C3CCNCC3Cl)ccc2C1=O)NC=O. The Morgan fingerprint density at radius 3 is 3.08 bits per heavy atom. The fourth-order valence-electron chi connectivity index (χ4n) is 3.84. The van der Waals surface area contributed by atoms with Gasteiger partial charge in [0.2, 0.25) is 6.41 Å². The van der Waals surface area contributed by atoms with Crippen molar-refractivity contribution in [3.8, 4) is 0 Å². The summed E-state index contributed by atoms with van der Waals surface area (Å²) in [6, 6.07) is 6.27. The summed E-state index contributed by atoms with van der Waals surface area (Å²) in [5, 5.41) is 5.98. The number of nitrogens with one attached hydrogen (secondary N) is 2. The van der Waals surface area contributed by atoms with Gasteiger partial charge in [0.1, 0.15) is 0 Å². The van der Waals surface area contributed by atoms with Gasteiger partial charge in [-0.1, -0.05) is 18.7 Å². The molecule has 1 aromatic rings. The lowest BCUT2D eigenvalue weighted by atomic mass is 9.88. The average Bonchev–Trinajstić information content (AvgIpc) is 2.96. The minimum atomic E-state index is 0.0840. The minimum absolute atomic E-state index is 0.0840. The molecule has 0 radical (unpaired) electrons. The third-order valence-corrected chi connectivity index (χ3v) is 5.91.